The number of hydrogen-bond acceptors (Lipinski definition) is 2. The second-order valence-electron chi connectivity index (χ2n) is 10.8. The van der Waals surface area contributed by atoms with Crippen LogP contribution in [0, 0.1) is 0 Å². The van der Waals surface area contributed by atoms with Gasteiger partial charge in [0, 0.05) is 57.3 Å². The summed E-state index contributed by atoms with van der Waals surface area (Å²) in [6, 6.07) is 6.80. The summed E-state index contributed by atoms with van der Waals surface area (Å²) < 4.78 is 2.55. The second kappa shape index (κ2) is 13.1. The average molecular weight is 559 g/mol. The molecule has 212 valence electrons. The van der Waals surface area contributed by atoms with E-state index < -0.39 is 0 Å². The van der Waals surface area contributed by atoms with Gasteiger partial charge in [0.25, 0.3) is 0 Å². The SMILES string of the molecule is CCC1=C(CC)c2nc1c(CC)c1[nH]c(cc3nc(cc4c(CC)c(CC)c(c2CC)n4CC)C=C3)cc1CC.[Mg]. The van der Waals surface area contributed by atoms with Gasteiger partial charge in [0.15, 0.2) is 0 Å². The van der Waals surface area contributed by atoms with Crippen LogP contribution in [-0.4, -0.2) is 42.6 Å². The minimum atomic E-state index is 0. The number of aromatic nitrogens is 4. The van der Waals surface area contributed by atoms with Crippen molar-refractivity contribution in [1.29, 1.82) is 0 Å². The zero-order valence-corrected chi connectivity index (χ0v) is 28.0. The van der Waals surface area contributed by atoms with E-state index in [1.165, 1.54) is 66.9 Å². The number of allylic oxidation sites excluding steroid dienone is 2. The molecule has 5 heterocycles. The highest BCUT2D eigenvalue weighted by atomic mass is 24.3. The van der Waals surface area contributed by atoms with Crippen LogP contribution in [0.1, 0.15) is 119 Å². The summed E-state index contributed by atoms with van der Waals surface area (Å²) in [6.07, 6.45) is 11.2. The van der Waals surface area contributed by atoms with Crippen molar-refractivity contribution >= 4 is 68.4 Å². The fraction of sp³-hybridized carbons (Fsp3) is 0.444. The fourth-order valence-corrected chi connectivity index (χ4v) is 7.06. The first-order valence-corrected chi connectivity index (χ1v) is 15.7. The van der Waals surface area contributed by atoms with E-state index in [1.807, 2.05) is 0 Å². The molecule has 0 spiro atoms. The predicted molar refractivity (Wildman–Crippen MR) is 179 cm³/mol. The van der Waals surface area contributed by atoms with Crippen molar-refractivity contribution in [2.75, 3.05) is 0 Å². The highest BCUT2D eigenvalue weighted by Crippen LogP contribution is 2.41. The Morgan fingerprint density at radius 3 is 1.73 bits per heavy atom. The van der Waals surface area contributed by atoms with Gasteiger partial charge in [0.05, 0.1) is 28.3 Å². The van der Waals surface area contributed by atoms with Gasteiger partial charge in [-0.15, -0.1) is 0 Å². The van der Waals surface area contributed by atoms with Crippen LogP contribution in [0.3, 0.4) is 0 Å². The van der Waals surface area contributed by atoms with Gasteiger partial charge in [-0.05, 0) is 110 Å². The van der Waals surface area contributed by atoms with Gasteiger partial charge in [0.2, 0.25) is 0 Å². The summed E-state index contributed by atoms with van der Waals surface area (Å²) in [5, 5.41) is 0. The summed E-state index contributed by atoms with van der Waals surface area (Å²) >= 11 is 0. The molecule has 3 aromatic heterocycles. The van der Waals surface area contributed by atoms with Gasteiger partial charge in [0.1, 0.15) is 0 Å². The highest BCUT2D eigenvalue weighted by molar-refractivity contribution is 5.96. The zero-order valence-electron chi connectivity index (χ0n) is 26.6. The molecule has 0 aromatic carbocycles. The first-order valence-electron chi connectivity index (χ1n) is 15.7. The molecule has 5 rings (SSSR count). The molecule has 3 aromatic rings. The quantitative estimate of drug-likeness (QED) is 0.219. The van der Waals surface area contributed by atoms with E-state index in [1.54, 1.807) is 0 Å². The van der Waals surface area contributed by atoms with Crippen LogP contribution < -0.4 is 0 Å². The minimum absolute atomic E-state index is 0. The van der Waals surface area contributed by atoms with E-state index in [2.05, 4.69) is 95.3 Å². The van der Waals surface area contributed by atoms with E-state index in [0.717, 1.165) is 68.4 Å². The molecule has 1 N–H and O–H groups in total. The Morgan fingerprint density at radius 2 is 1.20 bits per heavy atom. The van der Waals surface area contributed by atoms with Gasteiger partial charge in [-0.2, -0.15) is 0 Å². The van der Waals surface area contributed by atoms with Crippen molar-refractivity contribution in [3.05, 3.63) is 68.8 Å². The maximum atomic E-state index is 5.61. The third kappa shape index (κ3) is 5.25. The molecule has 0 unspecified atom stereocenters. The highest BCUT2D eigenvalue weighted by Gasteiger charge is 2.26. The van der Waals surface area contributed by atoms with Crippen LogP contribution in [-0.2, 0) is 38.6 Å². The number of fused-ring (bicyclic) bond motifs is 8. The number of H-pyrrole nitrogens is 1. The maximum absolute atomic E-state index is 5.61. The Balaban J connectivity index is 0.00000387. The molecule has 0 saturated heterocycles. The number of nitrogens with one attached hydrogen (secondary N) is 1. The largest absolute Gasteiger partial charge is 0.355 e. The number of hydrogen-bond donors (Lipinski definition) is 1. The van der Waals surface area contributed by atoms with Crippen molar-refractivity contribution < 1.29 is 0 Å². The lowest BCUT2D eigenvalue weighted by Crippen LogP contribution is -2.00. The monoisotopic (exact) mass is 558 g/mol. The summed E-state index contributed by atoms with van der Waals surface area (Å²) in [7, 11) is 0. The molecular weight excluding hydrogens is 513 g/mol. The molecule has 8 bridgehead atoms. The Morgan fingerprint density at radius 1 is 0.610 bits per heavy atom. The molecule has 2 aliphatic heterocycles. The number of nitrogens with zero attached hydrogens (tertiary/aromatic N) is 3. The summed E-state index contributed by atoms with van der Waals surface area (Å²) in [4.78, 5) is 14.4. The van der Waals surface area contributed by atoms with Crippen molar-refractivity contribution in [2.24, 2.45) is 0 Å². The lowest BCUT2D eigenvalue weighted by atomic mass is 9.93. The molecular formula is C36H46MgN4. The second-order valence-corrected chi connectivity index (χ2v) is 10.8. The summed E-state index contributed by atoms with van der Waals surface area (Å²) in [5.74, 6) is 0. The third-order valence-corrected chi connectivity index (χ3v) is 8.85. The zero-order chi connectivity index (χ0) is 28.6. The first kappa shape index (κ1) is 31.3. The molecule has 0 aliphatic carbocycles. The fourth-order valence-electron chi connectivity index (χ4n) is 7.06. The van der Waals surface area contributed by atoms with E-state index in [9.17, 15) is 0 Å². The molecule has 0 saturated carbocycles. The van der Waals surface area contributed by atoms with Crippen molar-refractivity contribution in [3.8, 4) is 0 Å². The predicted octanol–water partition coefficient (Wildman–Crippen LogP) is 9.14. The summed E-state index contributed by atoms with van der Waals surface area (Å²) in [5.41, 5.74) is 19.3. The maximum Gasteiger partial charge on any atom is 0.0725 e. The van der Waals surface area contributed by atoms with E-state index in [0.29, 0.717) is 0 Å². The van der Waals surface area contributed by atoms with Crippen molar-refractivity contribution in [2.45, 2.75) is 107 Å². The van der Waals surface area contributed by atoms with Crippen LogP contribution in [0.2, 0.25) is 0 Å². The van der Waals surface area contributed by atoms with E-state index in [4.69, 9.17) is 9.97 Å². The lowest BCUT2D eigenvalue weighted by Gasteiger charge is -2.11. The average Bonchev–Trinajstić information content (AvgIpc) is 3.73. The Hall–Kier alpha value is -2.63. The van der Waals surface area contributed by atoms with Crippen LogP contribution >= 0.6 is 0 Å². The smallest absolute Gasteiger partial charge is 0.0725 e. The molecule has 2 aliphatic rings. The molecule has 4 nitrogen and oxygen atoms in total. The van der Waals surface area contributed by atoms with Gasteiger partial charge >= 0.3 is 0 Å². The van der Waals surface area contributed by atoms with Crippen LogP contribution in [0.15, 0.2) is 18.2 Å². The Kier molecular flexibility index (Phi) is 10.0. The molecule has 0 fully saturated rings. The van der Waals surface area contributed by atoms with Gasteiger partial charge in [-0.25, -0.2) is 9.97 Å². The number of aromatic amines is 1. The first-order chi connectivity index (χ1) is 19.5. The molecule has 0 atom stereocenters. The summed E-state index contributed by atoms with van der Waals surface area (Å²) in [6.45, 7) is 19.2. The van der Waals surface area contributed by atoms with Crippen LogP contribution in [0.5, 0.6) is 0 Å². The van der Waals surface area contributed by atoms with Gasteiger partial charge < -0.3 is 9.55 Å². The molecule has 0 amide bonds. The molecule has 2 radical (unpaired) electrons. The van der Waals surface area contributed by atoms with Crippen molar-refractivity contribution in [1.82, 2.24) is 19.5 Å². The van der Waals surface area contributed by atoms with Crippen LogP contribution in [0.4, 0.5) is 0 Å². The number of rotatable bonds is 8. The van der Waals surface area contributed by atoms with E-state index >= 15 is 0 Å². The Labute approximate surface area is 262 Å². The molecule has 41 heavy (non-hydrogen) atoms. The lowest BCUT2D eigenvalue weighted by molar-refractivity contribution is 0.815. The number of aryl methyl sites for hydroxylation is 6. The van der Waals surface area contributed by atoms with Crippen molar-refractivity contribution in [3.63, 3.8) is 0 Å². The van der Waals surface area contributed by atoms with Gasteiger partial charge in [-0.1, -0.05) is 48.5 Å². The normalized spacial score (nSPS) is 12.8. The topological polar surface area (TPSA) is 46.5 Å². The standard InChI is InChI=1S/C36H46N4.Mg/c1-9-22-19-25-20-23-17-18-24(37-23)21-32-26(10-2)29(13-5)36(40(32)16-8)31(15-7)35-28(12-4)27(11-3)34(39-35)30(14-6)33(22)38-25;/h17-21,38H,9-16H2,1-8H3;. The third-order valence-electron chi connectivity index (χ3n) is 8.85. The van der Waals surface area contributed by atoms with E-state index in [-0.39, 0.29) is 23.1 Å². The molecule has 5 heteroatoms. The Bertz CT molecular complexity index is 1680. The van der Waals surface area contributed by atoms with Gasteiger partial charge in [-0.3, -0.25) is 0 Å². The minimum Gasteiger partial charge on any atom is -0.355 e. The van der Waals surface area contributed by atoms with Crippen LogP contribution in [0.25, 0.3) is 45.4 Å².